The van der Waals surface area contributed by atoms with Crippen LogP contribution < -0.4 is 9.47 Å². The lowest BCUT2D eigenvalue weighted by molar-refractivity contribution is -0.142. The van der Waals surface area contributed by atoms with E-state index < -0.39 is 0 Å². The topological polar surface area (TPSA) is 48.0 Å². The van der Waals surface area contributed by atoms with Crippen molar-refractivity contribution in [3.05, 3.63) is 23.8 Å². The molecule has 1 aromatic rings. The van der Waals surface area contributed by atoms with Crippen molar-refractivity contribution in [3.8, 4) is 11.5 Å². The second kappa shape index (κ2) is 5.73. The van der Waals surface area contributed by atoms with Crippen LogP contribution in [0.25, 0.3) is 0 Å². The van der Waals surface area contributed by atoms with E-state index in [0.29, 0.717) is 6.54 Å². The van der Waals surface area contributed by atoms with Gasteiger partial charge in [0, 0.05) is 12.1 Å². The summed E-state index contributed by atoms with van der Waals surface area (Å²) < 4.78 is 15.4. The van der Waals surface area contributed by atoms with Crippen molar-refractivity contribution in [2.24, 2.45) is 0 Å². The zero-order valence-corrected chi connectivity index (χ0v) is 10.6. The van der Waals surface area contributed by atoms with E-state index in [-0.39, 0.29) is 19.3 Å². The van der Waals surface area contributed by atoms with Gasteiger partial charge in [-0.1, -0.05) is 19.1 Å². The first-order valence-corrected chi connectivity index (χ1v) is 5.91. The zero-order chi connectivity index (χ0) is 13.0. The molecule has 0 N–H and O–H groups in total. The van der Waals surface area contributed by atoms with Crippen molar-refractivity contribution in [2.75, 3.05) is 27.0 Å². The molecule has 1 aliphatic heterocycles. The summed E-state index contributed by atoms with van der Waals surface area (Å²) in [7, 11) is 1.40. The number of rotatable bonds is 5. The molecule has 0 bridgehead atoms. The largest absolute Gasteiger partial charge is 0.468 e. The standard InChI is InChI=1S/C13H17NO4/c1-3-14(8-12(15)16-2)7-10-5-4-6-11-13(10)18-9-17-11/h4-6H,3,7-9H2,1-2H3. The fourth-order valence-electron chi connectivity index (χ4n) is 1.88. The number of likely N-dealkylation sites (N-methyl/N-ethyl adjacent to an activating group) is 1. The average Bonchev–Trinajstić information content (AvgIpc) is 2.87. The van der Waals surface area contributed by atoms with Crippen molar-refractivity contribution < 1.29 is 19.0 Å². The van der Waals surface area contributed by atoms with Crippen molar-refractivity contribution in [3.63, 3.8) is 0 Å². The molecule has 18 heavy (non-hydrogen) atoms. The van der Waals surface area contributed by atoms with Crippen LogP contribution >= 0.6 is 0 Å². The Morgan fingerprint density at radius 2 is 2.28 bits per heavy atom. The van der Waals surface area contributed by atoms with Crippen molar-refractivity contribution >= 4 is 5.97 Å². The Bertz CT molecular complexity index is 433. The smallest absolute Gasteiger partial charge is 0.319 e. The molecular formula is C13H17NO4. The van der Waals surface area contributed by atoms with Crippen molar-refractivity contribution in [1.82, 2.24) is 4.90 Å². The Morgan fingerprint density at radius 1 is 1.44 bits per heavy atom. The summed E-state index contributed by atoms with van der Waals surface area (Å²) in [5.41, 5.74) is 1.02. The first-order valence-electron chi connectivity index (χ1n) is 5.91. The number of methoxy groups -OCH3 is 1. The maximum atomic E-state index is 11.3. The summed E-state index contributed by atoms with van der Waals surface area (Å²) in [5, 5.41) is 0. The number of nitrogens with zero attached hydrogens (tertiary/aromatic N) is 1. The number of fused-ring (bicyclic) bond motifs is 1. The minimum absolute atomic E-state index is 0.235. The predicted octanol–water partition coefficient (Wildman–Crippen LogP) is 1.41. The number of carbonyl (C=O) groups excluding carboxylic acids is 1. The second-order valence-electron chi connectivity index (χ2n) is 4.03. The highest BCUT2D eigenvalue weighted by Gasteiger charge is 2.19. The Morgan fingerprint density at radius 3 is 3.00 bits per heavy atom. The van der Waals surface area contributed by atoms with Gasteiger partial charge in [-0.2, -0.15) is 0 Å². The van der Waals surface area contributed by atoms with Crippen LogP contribution in [0.1, 0.15) is 12.5 Å². The van der Waals surface area contributed by atoms with Gasteiger partial charge in [-0.05, 0) is 12.6 Å². The molecule has 5 heteroatoms. The molecule has 5 nitrogen and oxygen atoms in total. The van der Waals surface area contributed by atoms with Crippen molar-refractivity contribution in [1.29, 1.82) is 0 Å². The average molecular weight is 251 g/mol. The molecule has 0 spiro atoms. The van der Waals surface area contributed by atoms with Crippen LogP contribution in [0.4, 0.5) is 0 Å². The van der Waals surface area contributed by atoms with Gasteiger partial charge in [0.1, 0.15) is 0 Å². The van der Waals surface area contributed by atoms with E-state index in [1.165, 1.54) is 7.11 Å². The summed E-state index contributed by atoms with van der Waals surface area (Å²) in [4.78, 5) is 13.3. The van der Waals surface area contributed by atoms with E-state index in [9.17, 15) is 4.79 Å². The normalized spacial score (nSPS) is 12.8. The van der Waals surface area contributed by atoms with Gasteiger partial charge >= 0.3 is 5.97 Å². The lowest BCUT2D eigenvalue weighted by atomic mass is 10.1. The third-order valence-corrected chi connectivity index (χ3v) is 2.90. The van der Waals surface area contributed by atoms with E-state index >= 15 is 0 Å². The van der Waals surface area contributed by atoms with E-state index in [4.69, 9.17) is 9.47 Å². The number of benzene rings is 1. The molecule has 0 aromatic heterocycles. The Balaban J connectivity index is 2.08. The maximum absolute atomic E-state index is 11.3. The number of esters is 1. The molecule has 0 unspecified atom stereocenters. The fourth-order valence-corrected chi connectivity index (χ4v) is 1.88. The number of para-hydroxylation sites is 1. The van der Waals surface area contributed by atoms with Crippen LogP contribution in [-0.4, -0.2) is 37.9 Å². The van der Waals surface area contributed by atoms with Gasteiger partial charge in [-0.25, -0.2) is 0 Å². The van der Waals surface area contributed by atoms with Crippen molar-refractivity contribution in [2.45, 2.75) is 13.5 Å². The van der Waals surface area contributed by atoms with E-state index in [1.807, 2.05) is 30.0 Å². The second-order valence-corrected chi connectivity index (χ2v) is 4.03. The Kier molecular flexibility index (Phi) is 4.04. The minimum atomic E-state index is -0.235. The van der Waals surface area contributed by atoms with E-state index in [0.717, 1.165) is 23.6 Å². The van der Waals surface area contributed by atoms with Gasteiger partial charge < -0.3 is 14.2 Å². The highest BCUT2D eigenvalue weighted by Crippen LogP contribution is 2.35. The molecule has 0 saturated carbocycles. The summed E-state index contributed by atoms with van der Waals surface area (Å²) in [6.45, 7) is 3.94. The summed E-state index contributed by atoms with van der Waals surface area (Å²) in [6, 6.07) is 5.78. The Hall–Kier alpha value is -1.75. The van der Waals surface area contributed by atoms with Gasteiger partial charge in [-0.15, -0.1) is 0 Å². The summed E-state index contributed by atoms with van der Waals surface area (Å²) in [5.74, 6) is 1.31. The van der Waals surface area contributed by atoms with Crippen LogP contribution in [0.3, 0.4) is 0 Å². The third kappa shape index (κ3) is 2.73. The summed E-state index contributed by atoms with van der Waals surface area (Å²) in [6.07, 6.45) is 0. The fraction of sp³-hybridized carbons (Fsp3) is 0.462. The van der Waals surface area contributed by atoms with Gasteiger partial charge in [-0.3, -0.25) is 9.69 Å². The van der Waals surface area contributed by atoms with E-state index in [1.54, 1.807) is 0 Å². The third-order valence-electron chi connectivity index (χ3n) is 2.90. The monoisotopic (exact) mass is 251 g/mol. The Labute approximate surface area is 106 Å². The van der Waals surface area contributed by atoms with Crippen LogP contribution in [0.5, 0.6) is 11.5 Å². The summed E-state index contributed by atoms with van der Waals surface area (Å²) >= 11 is 0. The number of hydrogen-bond acceptors (Lipinski definition) is 5. The van der Waals surface area contributed by atoms with Gasteiger partial charge in [0.25, 0.3) is 0 Å². The minimum Gasteiger partial charge on any atom is -0.468 e. The lowest BCUT2D eigenvalue weighted by Gasteiger charge is -2.19. The molecule has 1 aromatic carbocycles. The molecule has 1 heterocycles. The van der Waals surface area contributed by atoms with Gasteiger partial charge in [0.2, 0.25) is 6.79 Å². The molecule has 0 amide bonds. The SMILES string of the molecule is CCN(CC(=O)OC)Cc1cccc2c1OCO2. The predicted molar refractivity (Wildman–Crippen MR) is 65.5 cm³/mol. The quantitative estimate of drug-likeness (QED) is 0.740. The highest BCUT2D eigenvalue weighted by atomic mass is 16.7. The van der Waals surface area contributed by atoms with Crippen LogP contribution in [-0.2, 0) is 16.1 Å². The first-order chi connectivity index (χ1) is 8.74. The molecule has 0 saturated heterocycles. The van der Waals surface area contributed by atoms with E-state index in [2.05, 4.69) is 4.74 Å². The first kappa shape index (κ1) is 12.7. The molecule has 0 aliphatic carbocycles. The molecule has 0 radical (unpaired) electrons. The molecule has 98 valence electrons. The lowest BCUT2D eigenvalue weighted by Crippen LogP contribution is -2.30. The molecular weight excluding hydrogens is 234 g/mol. The maximum Gasteiger partial charge on any atom is 0.319 e. The number of carbonyl (C=O) groups is 1. The molecule has 0 atom stereocenters. The zero-order valence-electron chi connectivity index (χ0n) is 10.6. The van der Waals surface area contributed by atoms with Crippen LogP contribution in [0, 0.1) is 0 Å². The van der Waals surface area contributed by atoms with Crippen LogP contribution in [0.2, 0.25) is 0 Å². The molecule has 1 aliphatic rings. The van der Waals surface area contributed by atoms with Gasteiger partial charge in [0.15, 0.2) is 11.5 Å². The highest BCUT2D eigenvalue weighted by molar-refractivity contribution is 5.71. The number of ether oxygens (including phenoxy) is 3. The van der Waals surface area contributed by atoms with Gasteiger partial charge in [0.05, 0.1) is 13.7 Å². The molecule has 2 rings (SSSR count). The van der Waals surface area contributed by atoms with Crippen LogP contribution in [0.15, 0.2) is 18.2 Å². The number of hydrogen-bond donors (Lipinski definition) is 0. The molecule has 0 fully saturated rings.